The van der Waals surface area contributed by atoms with Crippen LogP contribution >= 0.6 is 0 Å². The molecule has 0 spiro atoms. The third kappa shape index (κ3) is 5.02. The Morgan fingerprint density at radius 3 is 2.21 bits per heavy atom. The van der Waals surface area contributed by atoms with Crippen LogP contribution in [-0.4, -0.2) is 23.3 Å². The number of aromatic nitrogens is 1. The summed E-state index contributed by atoms with van der Waals surface area (Å²) in [5, 5.41) is 14.3. The summed E-state index contributed by atoms with van der Waals surface area (Å²) >= 11 is 0. The van der Waals surface area contributed by atoms with Gasteiger partial charge in [0.1, 0.15) is 11.4 Å². The van der Waals surface area contributed by atoms with Crippen molar-refractivity contribution in [2.75, 3.05) is 11.9 Å². The molecule has 0 aliphatic rings. The maximum Gasteiger partial charge on any atom is 0.274 e. The van der Waals surface area contributed by atoms with Crippen LogP contribution in [0.3, 0.4) is 0 Å². The van der Waals surface area contributed by atoms with E-state index in [-0.39, 0.29) is 17.3 Å². The Labute approximate surface area is 162 Å². The molecule has 6 nitrogen and oxygen atoms in total. The molecule has 2 N–H and O–H groups in total. The highest BCUT2D eigenvalue weighted by Crippen LogP contribution is 2.10. The standard InChI is InChI=1S/C22H18N4O2/c23-15-17-9-11-18(12-10-17)25-22(28)20-8-4-7-19(26-20)21(27)24-14-13-16-5-2-1-3-6-16/h1-12H,13-14H2,(H,24,27)(H,25,28). The molecule has 3 aromatic rings. The molecule has 138 valence electrons. The number of carbonyl (C=O) groups excluding carboxylic acids is 2. The number of amides is 2. The highest BCUT2D eigenvalue weighted by molar-refractivity contribution is 6.03. The number of pyridine rings is 1. The fraction of sp³-hybridized carbons (Fsp3) is 0.0909. The predicted octanol–water partition coefficient (Wildman–Crippen LogP) is 3.18. The van der Waals surface area contributed by atoms with E-state index in [1.165, 1.54) is 0 Å². The molecule has 28 heavy (non-hydrogen) atoms. The second-order valence-corrected chi connectivity index (χ2v) is 6.04. The smallest absolute Gasteiger partial charge is 0.274 e. The number of carbonyl (C=O) groups is 2. The van der Waals surface area contributed by atoms with Crippen LogP contribution in [0.1, 0.15) is 32.1 Å². The van der Waals surface area contributed by atoms with Crippen molar-refractivity contribution in [3.05, 3.63) is 95.3 Å². The van der Waals surface area contributed by atoms with Crippen LogP contribution in [0, 0.1) is 11.3 Å². The van der Waals surface area contributed by atoms with Crippen LogP contribution in [0.15, 0.2) is 72.8 Å². The van der Waals surface area contributed by atoms with Crippen molar-refractivity contribution >= 4 is 17.5 Å². The Balaban J connectivity index is 1.59. The van der Waals surface area contributed by atoms with Crippen molar-refractivity contribution in [2.24, 2.45) is 0 Å². The molecule has 1 aromatic heterocycles. The van der Waals surface area contributed by atoms with Crippen molar-refractivity contribution in [1.82, 2.24) is 10.3 Å². The highest BCUT2D eigenvalue weighted by Gasteiger charge is 2.12. The maximum absolute atomic E-state index is 12.4. The third-order valence-electron chi connectivity index (χ3n) is 4.03. The Morgan fingerprint density at radius 2 is 1.54 bits per heavy atom. The topological polar surface area (TPSA) is 94.9 Å². The zero-order valence-electron chi connectivity index (χ0n) is 15.1. The summed E-state index contributed by atoms with van der Waals surface area (Å²) in [5.74, 6) is -0.757. The summed E-state index contributed by atoms with van der Waals surface area (Å²) < 4.78 is 0. The Kier molecular flexibility index (Phi) is 6.11. The van der Waals surface area contributed by atoms with E-state index in [1.54, 1.807) is 42.5 Å². The normalized spacial score (nSPS) is 9.96. The van der Waals surface area contributed by atoms with E-state index >= 15 is 0 Å². The minimum Gasteiger partial charge on any atom is -0.350 e. The molecule has 0 saturated carbocycles. The second kappa shape index (κ2) is 9.10. The van der Waals surface area contributed by atoms with Gasteiger partial charge < -0.3 is 10.6 Å². The van der Waals surface area contributed by atoms with Crippen molar-refractivity contribution in [3.8, 4) is 6.07 Å². The van der Waals surface area contributed by atoms with Gasteiger partial charge in [-0.05, 0) is 48.4 Å². The fourth-order valence-electron chi connectivity index (χ4n) is 2.57. The lowest BCUT2D eigenvalue weighted by Gasteiger charge is -2.07. The van der Waals surface area contributed by atoms with E-state index in [0.717, 1.165) is 5.56 Å². The van der Waals surface area contributed by atoms with Gasteiger partial charge in [-0.15, -0.1) is 0 Å². The molecule has 0 saturated heterocycles. The molecule has 2 amide bonds. The second-order valence-electron chi connectivity index (χ2n) is 6.04. The van der Waals surface area contributed by atoms with Gasteiger partial charge in [0.05, 0.1) is 11.6 Å². The first-order valence-electron chi connectivity index (χ1n) is 8.76. The largest absolute Gasteiger partial charge is 0.350 e. The molecule has 0 fully saturated rings. The van der Waals surface area contributed by atoms with Crippen LogP contribution in [0.2, 0.25) is 0 Å². The van der Waals surface area contributed by atoms with Crippen molar-refractivity contribution < 1.29 is 9.59 Å². The van der Waals surface area contributed by atoms with Gasteiger partial charge in [-0.1, -0.05) is 36.4 Å². The minimum absolute atomic E-state index is 0.139. The minimum atomic E-state index is -0.427. The third-order valence-corrected chi connectivity index (χ3v) is 4.03. The number of hydrogen-bond acceptors (Lipinski definition) is 4. The number of nitrogens with zero attached hydrogens (tertiary/aromatic N) is 2. The number of rotatable bonds is 6. The van der Waals surface area contributed by atoms with E-state index in [0.29, 0.717) is 24.2 Å². The SMILES string of the molecule is N#Cc1ccc(NC(=O)c2cccc(C(=O)NCCc3ccccc3)n2)cc1. The fourth-order valence-corrected chi connectivity index (χ4v) is 2.57. The van der Waals surface area contributed by atoms with Gasteiger partial charge in [0, 0.05) is 12.2 Å². The molecule has 0 bridgehead atoms. The van der Waals surface area contributed by atoms with Crippen LogP contribution in [0.5, 0.6) is 0 Å². The first kappa shape index (κ1) is 18.8. The lowest BCUT2D eigenvalue weighted by molar-refractivity contribution is 0.0949. The molecular formula is C22H18N4O2. The summed E-state index contributed by atoms with van der Waals surface area (Å²) in [4.78, 5) is 28.8. The van der Waals surface area contributed by atoms with Crippen LogP contribution in [0.25, 0.3) is 0 Å². The van der Waals surface area contributed by atoms with Crippen molar-refractivity contribution in [3.63, 3.8) is 0 Å². The molecule has 1 heterocycles. The molecule has 6 heteroatoms. The van der Waals surface area contributed by atoms with E-state index in [1.807, 2.05) is 36.4 Å². The van der Waals surface area contributed by atoms with Crippen molar-refractivity contribution in [2.45, 2.75) is 6.42 Å². The average molecular weight is 370 g/mol. The lowest BCUT2D eigenvalue weighted by Crippen LogP contribution is -2.27. The summed E-state index contributed by atoms with van der Waals surface area (Å²) in [5.41, 5.74) is 2.50. The lowest BCUT2D eigenvalue weighted by atomic mass is 10.1. The van der Waals surface area contributed by atoms with Gasteiger partial charge >= 0.3 is 0 Å². The van der Waals surface area contributed by atoms with Gasteiger partial charge in [0.2, 0.25) is 0 Å². The molecule has 2 aromatic carbocycles. The van der Waals surface area contributed by atoms with Gasteiger partial charge in [0.15, 0.2) is 0 Å². The molecule has 0 radical (unpaired) electrons. The first-order valence-corrected chi connectivity index (χ1v) is 8.76. The first-order chi connectivity index (χ1) is 13.7. The van der Waals surface area contributed by atoms with Gasteiger partial charge in [-0.3, -0.25) is 9.59 Å². The van der Waals surface area contributed by atoms with E-state index in [9.17, 15) is 9.59 Å². The van der Waals surface area contributed by atoms with Gasteiger partial charge in [0.25, 0.3) is 11.8 Å². The number of hydrogen-bond donors (Lipinski definition) is 2. The zero-order chi connectivity index (χ0) is 19.8. The van der Waals surface area contributed by atoms with Crippen LogP contribution < -0.4 is 10.6 Å². The Morgan fingerprint density at radius 1 is 0.857 bits per heavy atom. The molecule has 3 rings (SSSR count). The number of nitriles is 1. The zero-order valence-corrected chi connectivity index (χ0v) is 15.1. The predicted molar refractivity (Wildman–Crippen MR) is 106 cm³/mol. The van der Waals surface area contributed by atoms with E-state index < -0.39 is 5.91 Å². The Bertz CT molecular complexity index is 1010. The summed E-state index contributed by atoms with van der Waals surface area (Å²) in [6.07, 6.45) is 0.714. The molecular weight excluding hydrogens is 352 g/mol. The number of benzene rings is 2. The van der Waals surface area contributed by atoms with Gasteiger partial charge in [-0.2, -0.15) is 5.26 Å². The van der Waals surface area contributed by atoms with Crippen LogP contribution in [-0.2, 0) is 6.42 Å². The summed E-state index contributed by atoms with van der Waals surface area (Å²) in [6, 6.07) is 23.1. The molecule has 0 unspecified atom stereocenters. The summed E-state index contributed by atoms with van der Waals surface area (Å²) in [6.45, 7) is 0.478. The van der Waals surface area contributed by atoms with Crippen molar-refractivity contribution in [1.29, 1.82) is 5.26 Å². The van der Waals surface area contributed by atoms with Crippen LogP contribution in [0.4, 0.5) is 5.69 Å². The quantitative estimate of drug-likeness (QED) is 0.697. The summed E-state index contributed by atoms with van der Waals surface area (Å²) in [7, 11) is 0. The molecule has 0 aliphatic heterocycles. The monoisotopic (exact) mass is 370 g/mol. The van der Waals surface area contributed by atoms with E-state index in [2.05, 4.69) is 15.6 Å². The highest BCUT2D eigenvalue weighted by atomic mass is 16.2. The van der Waals surface area contributed by atoms with Gasteiger partial charge in [-0.25, -0.2) is 4.98 Å². The number of anilines is 1. The average Bonchev–Trinajstić information content (AvgIpc) is 2.75. The molecule has 0 aliphatic carbocycles. The molecule has 0 atom stereocenters. The maximum atomic E-state index is 12.4. The number of nitrogens with one attached hydrogen (secondary N) is 2. The van der Waals surface area contributed by atoms with E-state index in [4.69, 9.17) is 5.26 Å². The Hall–Kier alpha value is -3.98.